The van der Waals surface area contributed by atoms with Gasteiger partial charge in [-0.15, -0.1) is 0 Å². The molecule has 0 aliphatic rings. The molecule has 7 heteroatoms. The van der Waals surface area contributed by atoms with Gasteiger partial charge in [-0.05, 0) is 24.6 Å². The van der Waals surface area contributed by atoms with Gasteiger partial charge in [0.15, 0.2) is 5.96 Å². The fraction of sp³-hybridized carbons (Fsp3) is 0.316. The third-order valence-corrected chi connectivity index (χ3v) is 3.68. The number of nitrogens with zero attached hydrogens (tertiary/aromatic N) is 2. The molecule has 0 aliphatic heterocycles. The summed E-state index contributed by atoms with van der Waals surface area (Å²) in [5, 5.41) is 18.6. The van der Waals surface area contributed by atoms with Crippen molar-refractivity contribution in [3.05, 3.63) is 60.4 Å². The fourth-order valence-electron chi connectivity index (χ4n) is 2.36. The van der Waals surface area contributed by atoms with Gasteiger partial charge in [-0.2, -0.15) is 0 Å². The Morgan fingerprint density at radius 3 is 2.65 bits per heavy atom. The quantitative estimate of drug-likeness (QED) is 0.423. The molecule has 0 fully saturated rings. The largest absolute Gasteiger partial charge is 0.396 e. The highest BCUT2D eigenvalue weighted by molar-refractivity contribution is 5.93. The molecule has 0 aliphatic carbocycles. The number of rotatable bonds is 8. The van der Waals surface area contributed by atoms with E-state index < -0.39 is 0 Å². The minimum absolute atomic E-state index is 0.0145. The summed E-state index contributed by atoms with van der Waals surface area (Å²) in [7, 11) is 0. The Balaban J connectivity index is 1.90. The number of pyridine rings is 1. The van der Waals surface area contributed by atoms with Gasteiger partial charge in [-0.1, -0.05) is 30.3 Å². The molecule has 1 atom stereocenters. The molecule has 4 N–H and O–H groups in total. The molecule has 0 saturated carbocycles. The van der Waals surface area contributed by atoms with Crippen LogP contribution in [-0.2, 0) is 4.79 Å². The summed E-state index contributed by atoms with van der Waals surface area (Å²) in [6, 6.07) is 13.3. The van der Waals surface area contributed by atoms with Crippen LogP contribution < -0.4 is 16.0 Å². The van der Waals surface area contributed by atoms with Crippen molar-refractivity contribution in [2.75, 3.05) is 31.6 Å². The highest BCUT2D eigenvalue weighted by atomic mass is 16.3. The van der Waals surface area contributed by atoms with Crippen LogP contribution in [0, 0.1) is 0 Å². The average molecular weight is 355 g/mol. The monoisotopic (exact) mass is 355 g/mol. The van der Waals surface area contributed by atoms with Crippen molar-refractivity contribution in [1.29, 1.82) is 0 Å². The van der Waals surface area contributed by atoms with Crippen LogP contribution in [-0.4, -0.2) is 48.2 Å². The van der Waals surface area contributed by atoms with Crippen LogP contribution in [0.3, 0.4) is 0 Å². The number of anilines is 1. The third-order valence-electron chi connectivity index (χ3n) is 3.68. The Morgan fingerprint density at radius 1 is 1.19 bits per heavy atom. The first kappa shape index (κ1) is 19.4. The van der Waals surface area contributed by atoms with Crippen molar-refractivity contribution < 1.29 is 9.90 Å². The van der Waals surface area contributed by atoms with Crippen molar-refractivity contribution >= 4 is 17.6 Å². The lowest BCUT2D eigenvalue weighted by Crippen LogP contribution is -2.40. The number of nitrogens with one attached hydrogen (secondary N) is 3. The summed E-state index contributed by atoms with van der Waals surface area (Å²) in [5.41, 5.74) is 1.68. The topological polar surface area (TPSA) is 98.6 Å². The summed E-state index contributed by atoms with van der Waals surface area (Å²) in [6.07, 6.45) is 3.22. The Morgan fingerprint density at radius 2 is 2.00 bits per heavy atom. The maximum atomic E-state index is 12.0. The van der Waals surface area contributed by atoms with E-state index in [1.54, 1.807) is 24.5 Å². The number of carbonyl (C=O) groups excluding carboxylic acids is 1. The van der Waals surface area contributed by atoms with Gasteiger partial charge in [-0.25, -0.2) is 4.99 Å². The van der Waals surface area contributed by atoms with Gasteiger partial charge >= 0.3 is 0 Å². The van der Waals surface area contributed by atoms with Gasteiger partial charge in [0.1, 0.15) is 6.54 Å². The van der Waals surface area contributed by atoms with Gasteiger partial charge < -0.3 is 21.1 Å². The molecule has 0 radical (unpaired) electrons. The normalized spacial score (nSPS) is 12.3. The van der Waals surface area contributed by atoms with Crippen molar-refractivity contribution in [3.63, 3.8) is 0 Å². The highest BCUT2D eigenvalue weighted by Gasteiger charge is 2.11. The summed E-state index contributed by atoms with van der Waals surface area (Å²) in [6.45, 7) is 3.15. The molecular weight excluding hydrogens is 330 g/mol. The van der Waals surface area contributed by atoms with E-state index in [1.807, 2.05) is 37.3 Å². The maximum Gasteiger partial charge on any atom is 0.246 e. The molecule has 1 aromatic carbocycles. The number of aliphatic imine (C=N–C) groups is 1. The molecule has 0 bridgehead atoms. The lowest BCUT2D eigenvalue weighted by Gasteiger charge is -2.18. The first-order valence-electron chi connectivity index (χ1n) is 8.60. The van der Waals surface area contributed by atoms with E-state index in [0.717, 1.165) is 5.56 Å². The smallest absolute Gasteiger partial charge is 0.246 e. The van der Waals surface area contributed by atoms with E-state index in [-0.39, 0.29) is 25.0 Å². The molecule has 1 amide bonds. The maximum absolute atomic E-state index is 12.0. The lowest BCUT2D eigenvalue weighted by molar-refractivity contribution is -0.114. The van der Waals surface area contributed by atoms with E-state index in [9.17, 15) is 9.90 Å². The number of aliphatic hydroxyl groups is 1. The van der Waals surface area contributed by atoms with E-state index >= 15 is 0 Å². The van der Waals surface area contributed by atoms with E-state index in [4.69, 9.17) is 0 Å². The number of carbonyl (C=O) groups is 1. The highest BCUT2D eigenvalue weighted by Crippen LogP contribution is 2.13. The minimum Gasteiger partial charge on any atom is -0.396 e. The molecule has 7 nitrogen and oxygen atoms in total. The van der Waals surface area contributed by atoms with Gasteiger partial charge in [0.05, 0.1) is 18.5 Å². The number of hydrogen-bond acceptors (Lipinski definition) is 4. The van der Waals surface area contributed by atoms with Crippen LogP contribution in [0.4, 0.5) is 5.69 Å². The minimum atomic E-state index is -0.225. The van der Waals surface area contributed by atoms with E-state index in [0.29, 0.717) is 24.7 Å². The van der Waals surface area contributed by atoms with Crippen LogP contribution in [0.1, 0.15) is 18.4 Å². The summed E-state index contributed by atoms with van der Waals surface area (Å²) in [5.74, 6) is 0.254. The number of aliphatic hydroxyl groups excluding tert-OH is 1. The molecule has 0 saturated heterocycles. The zero-order valence-corrected chi connectivity index (χ0v) is 14.9. The van der Waals surface area contributed by atoms with Crippen LogP contribution >= 0.6 is 0 Å². The second-order valence-electron chi connectivity index (χ2n) is 5.66. The number of aromatic nitrogens is 1. The van der Waals surface area contributed by atoms with Crippen LogP contribution in [0.15, 0.2) is 59.9 Å². The predicted octanol–water partition coefficient (Wildman–Crippen LogP) is 1.35. The first-order valence-corrected chi connectivity index (χ1v) is 8.60. The summed E-state index contributed by atoms with van der Waals surface area (Å²) >= 11 is 0. The first-order chi connectivity index (χ1) is 12.7. The molecule has 2 rings (SSSR count). The number of benzene rings is 1. The lowest BCUT2D eigenvalue weighted by atomic mass is 10.0. The van der Waals surface area contributed by atoms with Crippen molar-refractivity contribution in [1.82, 2.24) is 15.6 Å². The molecule has 1 heterocycles. The Bertz CT molecular complexity index is 692. The van der Waals surface area contributed by atoms with Crippen molar-refractivity contribution in [3.8, 4) is 0 Å². The van der Waals surface area contributed by atoms with Gasteiger partial charge in [0, 0.05) is 25.2 Å². The zero-order chi connectivity index (χ0) is 18.6. The Labute approximate surface area is 153 Å². The van der Waals surface area contributed by atoms with E-state index in [1.165, 1.54) is 0 Å². The molecule has 138 valence electrons. The van der Waals surface area contributed by atoms with Gasteiger partial charge in [-0.3, -0.25) is 9.78 Å². The fourth-order valence-corrected chi connectivity index (χ4v) is 2.36. The molecular formula is C19H25N5O2. The van der Waals surface area contributed by atoms with Crippen LogP contribution in [0.25, 0.3) is 0 Å². The number of hydrogen-bond donors (Lipinski definition) is 4. The number of guanidine groups is 1. The predicted molar refractivity (Wildman–Crippen MR) is 103 cm³/mol. The summed E-state index contributed by atoms with van der Waals surface area (Å²) < 4.78 is 0. The molecule has 26 heavy (non-hydrogen) atoms. The van der Waals surface area contributed by atoms with E-state index in [2.05, 4.69) is 25.9 Å². The van der Waals surface area contributed by atoms with Gasteiger partial charge in [0.2, 0.25) is 5.91 Å². The molecule has 0 spiro atoms. The molecule has 2 aromatic rings. The number of amides is 1. The Hall–Kier alpha value is -2.93. The Kier molecular flexibility index (Phi) is 8.08. The zero-order valence-electron chi connectivity index (χ0n) is 14.9. The van der Waals surface area contributed by atoms with Crippen molar-refractivity contribution in [2.24, 2.45) is 4.99 Å². The second kappa shape index (κ2) is 10.8. The average Bonchev–Trinajstić information content (AvgIpc) is 2.68. The van der Waals surface area contributed by atoms with Crippen molar-refractivity contribution in [2.45, 2.75) is 12.8 Å². The van der Waals surface area contributed by atoms with Gasteiger partial charge in [0.25, 0.3) is 0 Å². The van der Waals surface area contributed by atoms with Crippen LogP contribution in [0.2, 0.25) is 0 Å². The summed E-state index contributed by atoms with van der Waals surface area (Å²) in [4.78, 5) is 20.2. The standard InChI is InChI=1S/C19H25N5O2/c1-2-21-19(22-11-16(14-25)15-7-4-3-5-8-15)23-13-18(26)24-17-9-6-10-20-12-17/h3-10,12,16,25H,2,11,13-14H2,1H3,(H,24,26)(H2,21,22,23). The molecule has 1 unspecified atom stereocenters. The SMILES string of the molecule is CCNC(=NCC(=O)Nc1cccnc1)NCC(CO)c1ccccc1. The molecule has 1 aromatic heterocycles. The second-order valence-corrected chi connectivity index (χ2v) is 5.66. The third kappa shape index (κ3) is 6.52. The van der Waals surface area contributed by atoms with Crippen LogP contribution in [0.5, 0.6) is 0 Å².